The van der Waals surface area contributed by atoms with E-state index in [-0.39, 0.29) is 36.2 Å². The van der Waals surface area contributed by atoms with Crippen LogP contribution in [-0.4, -0.2) is 157 Å². The molecule has 3 aliphatic heterocycles. The molecule has 22 atom stereocenters. The van der Waals surface area contributed by atoms with Crippen LogP contribution in [-0.2, 0) is 52.2 Å². The summed E-state index contributed by atoms with van der Waals surface area (Å²) in [6, 6.07) is 8.79. The van der Waals surface area contributed by atoms with Gasteiger partial charge in [0, 0.05) is 45.5 Å². The lowest BCUT2D eigenvalue weighted by Crippen LogP contribution is -2.76. The van der Waals surface area contributed by atoms with Gasteiger partial charge < -0.3 is 67.8 Å². The van der Waals surface area contributed by atoms with Crippen molar-refractivity contribution in [1.82, 2.24) is 0 Å². The molecule has 0 aromatic heterocycles. The summed E-state index contributed by atoms with van der Waals surface area (Å²) in [5.41, 5.74) is -4.26. The standard InChI is InChI=1S/C49H74O16/c1-25(50)32-17-20-49(55)47(32,6)36(63-44(53)29-13-11-10-12-14-29)24-35-46(5)18-16-31(21-30(46)15-19-48(35,49)54)62-37-22-33(56-7)41(27(3)59-37)64-38-23-34(57-8)42(28(4)60-38)65-45-40(52)43(58-9)39(51)26(2)61-45/h10-14,26-28,30-43,45,51-52,54-55H,15-24H2,1-9H3. The van der Waals surface area contributed by atoms with Gasteiger partial charge in [0.1, 0.15) is 48.0 Å². The predicted molar refractivity (Wildman–Crippen MR) is 231 cm³/mol. The van der Waals surface area contributed by atoms with Crippen LogP contribution in [0.2, 0.25) is 0 Å². The Morgan fingerprint density at radius 1 is 0.692 bits per heavy atom. The Kier molecular flexibility index (Phi) is 14.4. The van der Waals surface area contributed by atoms with Gasteiger partial charge in [0.2, 0.25) is 0 Å². The lowest BCUT2D eigenvalue weighted by atomic mass is 9.40. The molecule has 1 aromatic carbocycles. The number of hydrogen-bond acceptors (Lipinski definition) is 16. The van der Waals surface area contributed by atoms with Crippen molar-refractivity contribution in [2.24, 2.45) is 28.6 Å². The lowest BCUT2D eigenvalue weighted by molar-refractivity contribution is -0.352. The number of rotatable bonds is 12. The van der Waals surface area contributed by atoms with Crippen molar-refractivity contribution < 1.29 is 77.4 Å². The molecule has 1 aromatic rings. The Balaban J connectivity index is 0.904. The molecule has 366 valence electrons. The lowest BCUT2D eigenvalue weighted by Gasteiger charge is -2.68. The third-order valence-electron chi connectivity index (χ3n) is 17.6. The maximum atomic E-state index is 13.7. The van der Waals surface area contributed by atoms with E-state index in [0.29, 0.717) is 50.5 Å². The molecule has 65 heavy (non-hydrogen) atoms. The fourth-order valence-electron chi connectivity index (χ4n) is 13.9. The molecule has 4 aliphatic carbocycles. The summed E-state index contributed by atoms with van der Waals surface area (Å²) >= 11 is 0. The second-order valence-electron chi connectivity index (χ2n) is 20.7. The Labute approximate surface area is 383 Å². The maximum Gasteiger partial charge on any atom is 0.338 e. The van der Waals surface area contributed by atoms with Gasteiger partial charge in [0.05, 0.1) is 47.8 Å². The molecule has 7 fully saturated rings. The van der Waals surface area contributed by atoms with E-state index in [2.05, 4.69) is 6.92 Å². The minimum atomic E-state index is -1.63. The van der Waals surface area contributed by atoms with E-state index in [1.807, 2.05) is 26.8 Å². The van der Waals surface area contributed by atoms with Gasteiger partial charge in [-0.2, -0.15) is 0 Å². The van der Waals surface area contributed by atoms with Crippen molar-refractivity contribution in [2.75, 3.05) is 21.3 Å². The van der Waals surface area contributed by atoms with Crippen LogP contribution in [0.25, 0.3) is 0 Å². The molecule has 7 aliphatic rings. The molecule has 0 bridgehead atoms. The fraction of sp³-hybridized carbons (Fsp3) is 0.837. The van der Waals surface area contributed by atoms with Crippen molar-refractivity contribution in [2.45, 2.75) is 209 Å². The summed E-state index contributed by atoms with van der Waals surface area (Å²) < 4.78 is 61.9. The Morgan fingerprint density at radius 3 is 1.94 bits per heavy atom. The molecule has 0 radical (unpaired) electrons. The van der Waals surface area contributed by atoms with Crippen LogP contribution in [0.5, 0.6) is 0 Å². The van der Waals surface area contributed by atoms with Crippen LogP contribution in [0, 0.1) is 28.6 Å². The van der Waals surface area contributed by atoms with Gasteiger partial charge in [-0.15, -0.1) is 0 Å². The summed E-state index contributed by atoms with van der Waals surface area (Å²) in [5, 5.41) is 47.2. The molecule has 0 spiro atoms. The predicted octanol–water partition coefficient (Wildman–Crippen LogP) is 4.24. The number of carbonyl (C=O) groups excluding carboxylic acids is 2. The Hall–Kier alpha value is -2.16. The second kappa shape index (κ2) is 19.0. The first-order valence-corrected chi connectivity index (χ1v) is 23.9. The highest BCUT2D eigenvalue weighted by molar-refractivity contribution is 5.89. The summed E-state index contributed by atoms with van der Waals surface area (Å²) in [7, 11) is 4.65. The summed E-state index contributed by atoms with van der Waals surface area (Å²) in [6.45, 7) is 11.1. The normalized spacial score (nSPS) is 49.9. The first-order chi connectivity index (χ1) is 30.8. The van der Waals surface area contributed by atoms with Gasteiger partial charge in [-0.3, -0.25) is 4.79 Å². The van der Waals surface area contributed by atoms with Crippen LogP contribution >= 0.6 is 0 Å². The highest BCUT2D eigenvalue weighted by Crippen LogP contribution is 2.71. The monoisotopic (exact) mass is 918 g/mol. The van der Waals surface area contributed by atoms with Crippen LogP contribution in [0.15, 0.2) is 30.3 Å². The molecule has 22 unspecified atom stereocenters. The van der Waals surface area contributed by atoms with Crippen molar-refractivity contribution in [3.63, 3.8) is 0 Å². The second-order valence-corrected chi connectivity index (χ2v) is 20.7. The van der Waals surface area contributed by atoms with Crippen molar-refractivity contribution >= 4 is 11.8 Å². The zero-order valence-electron chi connectivity index (χ0n) is 39.5. The van der Waals surface area contributed by atoms with Crippen molar-refractivity contribution in [1.29, 1.82) is 0 Å². The summed E-state index contributed by atoms with van der Waals surface area (Å²) in [6.07, 6.45) is -4.89. The average molecular weight is 919 g/mol. The SMILES string of the molecule is COC1CC(OC2CCC3(C)C(CCC4(O)C3CC(OC(=O)c3ccccc3)C3(C)C(C(C)=O)CCC43O)C2)OC(C)C1OC1CC(OC)C(OC2OC(C)C(O)C(OC)C2O)C(C)O1. The van der Waals surface area contributed by atoms with E-state index in [9.17, 15) is 30.0 Å². The van der Waals surface area contributed by atoms with Crippen LogP contribution in [0.4, 0.5) is 0 Å². The molecule has 16 heteroatoms. The van der Waals surface area contributed by atoms with E-state index < -0.39 is 114 Å². The molecule has 3 saturated heterocycles. The third kappa shape index (κ3) is 8.45. The summed E-state index contributed by atoms with van der Waals surface area (Å²) in [4.78, 5) is 26.9. The maximum absolute atomic E-state index is 13.7. The number of methoxy groups -OCH3 is 3. The largest absolute Gasteiger partial charge is 0.458 e. The number of aliphatic hydroxyl groups excluding tert-OH is 2. The molecule has 4 N–H and O–H groups in total. The molecule has 16 nitrogen and oxygen atoms in total. The van der Waals surface area contributed by atoms with Gasteiger partial charge in [-0.1, -0.05) is 32.0 Å². The number of ketones is 1. The Morgan fingerprint density at radius 2 is 1.32 bits per heavy atom. The quantitative estimate of drug-likeness (QED) is 0.171. The van der Waals surface area contributed by atoms with E-state index in [1.54, 1.807) is 45.4 Å². The zero-order chi connectivity index (χ0) is 46.8. The number of carbonyl (C=O) groups is 2. The first-order valence-electron chi connectivity index (χ1n) is 23.9. The topological polar surface area (TPSA) is 207 Å². The molecular weight excluding hydrogens is 845 g/mol. The number of ether oxygens (including phenoxy) is 10. The van der Waals surface area contributed by atoms with Gasteiger partial charge in [-0.25, -0.2) is 4.79 Å². The highest BCUT2D eigenvalue weighted by Gasteiger charge is 2.78. The highest BCUT2D eigenvalue weighted by atomic mass is 16.8. The van der Waals surface area contributed by atoms with Crippen LogP contribution in [0.3, 0.4) is 0 Å². The number of Topliss-reactive ketones (excluding diaryl/α,β-unsaturated/α-hetero) is 1. The van der Waals surface area contributed by atoms with Gasteiger partial charge >= 0.3 is 5.97 Å². The molecule has 8 rings (SSSR count). The van der Waals surface area contributed by atoms with E-state index >= 15 is 0 Å². The van der Waals surface area contributed by atoms with Gasteiger partial charge in [0.15, 0.2) is 18.9 Å². The molecule has 4 saturated carbocycles. The zero-order valence-corrected chi connectivity index (χ0v) is 39.5. The average Bonchev–Trinajstić information content (AvgIpc) is 3.58. The van der Waals surface area contributed by atoms with Crippen molar-refractivity contribution in [3.8, 4) is 0 Å². The summed E-state index contributed by atoms with van der Waals surface area (Å²) in [5.74, 6) is -1.36. The molecule has 0 amide bonds. The fourth-order valence-corrected chi connectivity index (χ4v) is 13.9. The van der Waals surface area contributed by atoms with Crippen molar-refractivity contribution in [3.05, 3.63) is 35.9 Å². The van der Waals surface area contributed by atoms with E-state index in [0.717, 1.165) is 12.8 Å². The number of aliphatic hydroxyl groups is 4. The first kappa shape index (κ1) is 49.3. The van der Waals surface area contributed by atoms with Gasteiger partial charge in [-0.05, 0) is 108 Å². The Bertz CT molecular complexity index is 1820. The molecular formula is C49H74O16. The van der Waals surface area contributed by atoms with Gasteiger partial charge in [0.25, 0.3) is 0 Å². The number of fused-ring (bicyclic) bond motifs is 5. The number of esters is 1. The minimum absolute atomic E-state index is 0.0700. The number of benzene rings is 1. The minimum Gasteiger partial charge on any atom is -0.458 e. The van der Waals surface area contributed by atoms with Crippen LogP contribution < -0.4 is 0 Å². The third-order valence-corrected chi connectivity index (χ3v) is 17.6. The van der Waals surface area contributed by atoms with E-state index in [4.69, 9.17) is 47.4 Å². The number of hydrogen-bond donors (Lipinski definition) is 4. The van der Waals surface area contributed by atoms with Crippen LogP contribution in [0.1, 0.15) is 116 Å². The van der Waals surface area contributed by atoms with E-state index in [1.165, 1.54) is 14.0 Å². The smallest absolute Gasteiger partial charge is 0.338 e. The molecule has 3 heterocycles.